The number of pyridine rings is 1. The third-order valence-corrected chi connectivity index (χ3v) is 2.71. The summed E-state index contributed by atoms with van der Waals surface area (Å²) in [5.41, 5.74) is 1.27. The van der Waals surface area contributed by atoms with E-state index in [2.05, 4.69) is 15.5 Å². The average molecular weight is 229 g/mol. The molecule has 2 heterocycles. The molecule has 1 aliphatic rings. The van der Waals surface area contributed by atoms with E-state index < -0.39 is 0 Å². The van der Waals surface area contributed by atoms with E-state index in [0.29, 0.717) is 17.3 Å². The molecule has 17 heavy (non-hydrogen) atoms. The van der Waals surface area contributed by atoms with Crippen LogP contribution in [0.3, 0.4) is 0 Å². The first-order valence-electron chi connectivity index (χ1n) is 5.51. The van der Waals surface area contributed by atoms with Crippen molar-refractivity contribution in [1.29, 1.82) is 0 Å². The Bertz CT molecular complexity index is 532. The third kappa shape index (κ3) is 2.04. The van der Waals surface area contributed by atoms with Crippen molar-refractivity contribution >= 4 is 11.7 Å². The molecule has 1 fully saturated rings. The summed E-state index contributed by atoms with van der Waals surface area (Å²) in [5.74, 6) is 0.700. The lowest BCUT2D eigenvalue weighted by atomic mass is 10.2. The molecule has 1 aliphatic carbocycles. The molecule has 5 nitrogen and oxygen atoms in total. The van der Waals surface area contributed by atoms with Crippen LogP contribution in [0.1, 0.15) is 34.8 Å². The van der Waals surface area contributed by atoms with Crippen LogP contribution in [0.5, 0.6) is 0 Å². The molecule has 86 valence electrons. The van der Waals surface area contributed by atoms with Gasteiger partial charge in [0.1, 0.15) is 17.6 Å². The molecule has 2 aromatic rings. The van der Waals surface area contributed by atoms with Gasteiger partial charge in [-0.1, -0.05) is 11.2 Å². The molecule has 1 N–H and O–H groups in total. The van der Waals surface area contributed by atoms with Crippen LogP contribution in [0.15, 0.2) is 35.2 Å². The molecule has 0 aromatic carbocycles. The molecule has 1 amide bonds. The van der Waals surface area contributed by atoms with Crippen LogP contribution in [-0.4, -0.2) is 16.0 Å². The molecule has 0 radical (unpaired) electrons. The van der Waals surface area contributed by atoms with Crippen molar-refractivity contribution in [2.75, 3.05) is 5.32 Å². The fourth-order valence-electron chi connectivity index (χ4n) is 1.69. The summed E-state index contributed by atoms with van der Waals surface area (Å²) in [7, 11) is 0. The highest BCUT2D eigenvalue weighted by molar-refractivity contribution is 6.04. The molecular weight excluding hydrogens is 218 g/mol. The van der Waals surface area contributed by atoms with Gasteiger partial charge in [-0.15, -0.1) is 0 Å². The second kappa shape index (κ2) is 4.01. The summed E-state index contributed by atoms with van der Waals surface area (Å²) < 4.78 is 4.87. The van der Waals surface area contributed by atoms with Gasteiger partial charge in [0.25, 0.3) is 5.91 Å². The van der Waals surface area contributed by atoms with Crippen LogP contribution in [0.2, 0.25) is 0 Å². The van der Waals surface area contributed by atoms with Gasteiger partial charge in [-0.3, -0.25) is 4.79 Å². The summed E-state index contributed by atoms with van der Waals surface area (Å²) in [6.07, 6.45) is 5.18. The Balaban J connectivity index is 1.80. The van der Waals surface area contributed by atoms with Gasteiger partial charge in [0, 0.05) is 12.1 Å². The average Bonchev–Trinajstić information content (AvgIpc) is 3.08. The number of carbonyl (C=O) groups is 1. The van der Waals surface area contributed by atoms with Crippen molar-refractivity contribution in [2.24, 2.45) is 0 Å². The fraction of sp³-hybridized carbons (Fsp3) is 0.250. The Morgan fingerprint density at radius 1 is 1.41 bits per heavy atom. The molecule has 3 rings (SSSR count). The van der Waals surface area contributed by atoms with Gasteiger partial charge < -0.3 is 9.84 Å². The monoisotopic (exact) mass is 229 g/mol. The lowest BCUT2D eigenvalue weighted by molar-refractivity contribution is 0.102. The van der Waals surface area contributed by atoms with E-state index in [0.717, 1.165) is 18.5 Å². The molecule has 0 saturated heterocycles. The molecule has 0 bridgehead atoms. The number of hydrogen-bond donors (Lipinski definition) is 1. The van der Waals surface area contributed by atoms with Crippen LogP contribution in [0, 0.1) is 0 Å². The van der Waals surface area contributed by atoms with E-state index in [4.69, 9.17) is 4.52 Å². The molecule has 0 unspecified atom stereocenters. The number of aromatic nitrogens is 2. The van der Waals surface area contributed by atoms with Crippen molar-refractivity contribution in [3.05, 3.63) is 41.9 Å². The number of rotatable bonds is 3. The quantitative estimate of drug-likeness (QED) is 0.876. The first-order chi connectivity index (χ1) is 8.34. The minimum Gasteiger partial charge on any atom is -0.364 e. The Kier molecular flexibility index (Phi) is 2.36. The lowest BCUT2D eigenvalue weighted by Gasteiger charge is -2.02. The summed E-state index contributed by atoms with van der Waals surface area (Å²) in [6.45, 7) is 0. The largest absolute Gasteiger partial charge is 0.364 e. The second-order valence-electron chi connectivity index (χ2n) is 4.06. The molecule has 0 atom stereocenters. The van der Waals surface area contributed by atoms with Crippen LogP contribution < -0.4 is 5.32 Å². The predicted octanol–water partition coefficient (Wildman–Crippen LogP) is 2.20. The van der Waals surface area contributed by atoms with Crippen LogP contribution in [-0.2, 0) is 0 Å². The molecule has 2 aromatic heterocycles. The first kappa shape index (κ1) is 10.0. The zero-order valence-electron chi connectivity index (χ0n) is 9.09. The number of hydrogen-bond acceptors (Lipinski definition) is 4. The summed E-state index contributed by atoms with van der Waals surface area (Å²) in [4.78, 5) is 16.0. The number of carbonyl (C=O) groups excluding carboxylic acids is 1. The maximum Gasteiger partial charge on any atom is 0.262 e. The number of amides is 1. The van der Waals surface area contributed by atoms with E-state index in [1.807, 2.05) is 6.07 Å². The maximum absolute atomic E-state index is 12.0. The summed E-state index contributed by atoms with van der Waals surface area (Å²) >= 11 is 0. The van der Waals surface area contributed by atoms with Crippen molar-refractivity contribution in [3.63, 3.8) is 0 Å². The standard InChI is InChI=1S/C12H11N3O2/c16-12(14-10-3-1-2-6-13-10)9-7-17-15-11(9)8-4-5-8/h1-3,6-8H,4-5H2,(H,13,14,16). The highest BCUT2D eigenvalue weighted by Crippen LogP contribution is 2.40. The van der Waals surface area contributed by atoms with Crippen LogP contribution in [0.4, 0.5) is 5.82 Å². The Morgan fingerprint density at radius 3 is 3.00 bits per heavy atom. The minimum atomic E-state index is -0.216. The first-order valence-corrected chi connectivity index (χ1v) is 5.51. The van der Waals surface area contributed by atoms with Gasteiger partial charge in [0.05, 0.1) is 5.69 Å². The van der Waals surface area contributed by atoms with E-state index in [1.165, 1.54) is 6.26 Å². The van der Waals surface area contributed by atoms with Crippen LogP contribution in [0.25, 0.3) is 0 Å². The summed E-state index contributed by atoms with van der Waals surface area (Å²) in [5, 5.41) is 6.60. The van der Waals surface area contributed by atoms with Crippen LogP contribution >= 0.6 is 0 Å². The number of nitrogens with zero attached hydrogens (tertiary/aromatic N) is 2. The highest BCUT2D eigenvalue weighted by Gasteiger charge is 2.31. The zero-order valence-corrected chi connectivity index (χ0v) is 9.09. The van der Waals surface area contributed by atoms with Crippen molar-refractivity contribution in [3.8, 4) is 0 Å². The fourth-order valence-corrected chi connectivity index (χ4v) is 1.69. The Hall–Kier alpha value is -2.17. The Labute approximate surface area is 97.8 Å². The molecular formula is C12H11N3O2. The van der Waals surface area contributed by atoms with Gasteiger partial charge in [-0.2, -0.15) is 0 Å². The van der Waals surface area contributed by atoms with Gasteiger partial charge >= 0.3 is 0 Å². The molecule has 5 heteroatoms. The normalized spacial score (nSPS) is 14.6. The van der Waals surface area contributed by atoms with E-state index >= 15 is 0 Å². The topological polar surface area (TPSA) is 68.0 Å². The van der Waals surface area contributed by atoms with E-state index in [1.54, 1.807) is 18.3 Å². The van der Waals surface area contributed by atoms with Crippen molar-refractivity contribution in [1.82, 2.24) is 10.1 Å². The number of nitrogens with one attached hydrogen (secondary N) is 1. The maximum atomic E-state index is 12.0. The third-order valence-electron chi connectivity index (χ3n) is 2.71. The number of anilines is 1. The van der Waals surface area contributed by atoms with Gasteiger partial charge in [0.2, 0.25) is 0 Å². The highest BCUT2D eigenvalue weighted by atomic mass is 16.5. The lowest BCUT2D eigenvalue weighted by Crippen LogP contribution is -2.13. The van der Waals surface area contributed by atoms with Gasteiger partial charge in [0.15, 0.2) is 0 Å². The predicted molar refractivity (Wildman–Crippen MR) is 60.7 cm³/mol. The minimum absolute atomic E-state index is 0.216. The van der Waals surface area contributed by atoms with E-state index in [9.17, 15) is 4.79 Å². The molecule has 1 saturated carbocycles. The molecule has 0 aliphatic heterocycles. The smallest absolute Gasteiger partial charge is 0.262 e. The second-order valence-corrected chi connectivity index (χ2v) is 4.06. The van der Waals surface area contributed by atoms with Gasteiger partial charge in [-0.25, -0.2) is 4.98 Å². The van der Waals surface area contributed by atoms with Gasteiger partial charge in [-0.05, 0) is 25.0 Å². The Morgan fingerprint density at radius 2 is 2.29 bits per heavy atom. The SMILES string of the molecule is O=C(Nc1ccccn1)c1conc1C1CC1. The van der Waals surface area contributed by atoms with E-state index in [-0.39, 0.29) is 5.91 Å². The van der Waals surface area contributed by atoms with Crippen molar-refractivity contribution in [2.45, 2.75) is 18.8 Å². The zero-order chi connectivity index (χ0) is 11.7. The van der Waals surface area contributed by atoms with Crippen molar-refractivity contribution < 1.29 is 9.32 Å². The molecule has 0 spiro atoms. The summed E-state index contributed by atoms with van der Waals surface area (Å²) in [6, 6.07) is 5.35.